The fourth-order valence-electron chi connectivity index (χ4n) is 0.456. The normalized spacial score (nSPS) is 20.5. The van der Waals surface area contributed by atoms with Gasteiger partial charge in [-0.25, -0.2) is 14.6 Å². The topological polar surface area (TPSA) is 41.3 Å². The minimum absolute atomic E-state index is 0.0162. The van der Waals surface area contributed by atoms with Crippen molar-refractivity contribution in [2.45, 2.75) is 6.43 Å². The third-order valence-electron chi connectivity index (χ3n) is 0.839. The van der Waals surface area contributed by atoms with E-state index in [9.17, 15) is 8.78 Å². The Morgan fingerprint density at radius 1 is 1.70 bits per heavy atom. The van der Waals surface area contributed by atoms with E-state index in [4.69, 9.17) is 17.4 Å². The van der Waals surface area contributed by atoms with Crippen LogP contribution in [0.15, 0.2) is 10.1 Å². The van der Waals surface area contributed by atoms with Crippen LogP contribution in [0.1, 0.15) is 0 Å². The number of nitrogens with one attached hydrogen (secondary N) is 1. The highest BCUT2D eigenvalue weighted by atomic mass is 35.5. The van der Waals surface area contributed by atoms with Gasteiger partial charge in [0.1, 0.15) is 10.1 Å². The zero-order valence-electron chi connectivity index (χ0n) is 4.64. The van der Waals surface area contributed by atoms with E-state index in [1.165, 1.54) is 0 Å². The SMILES string of the molecule is NN1NC(C(F)F)=C(Cl)S1. The van der Waals surface area contributed by atoms with E-state index in [1.807, 2.05) is 0 Å². The van der Waals surface area contributed by atoms with Gasteiger partial charge in [0, 0.05) is 11.9 Å². The molecule has 0 unspecified atom stereocenters. The zero-order chi connectivity index (χ0) is 7.72. The molecule has 58 valence electrons. The van der Waals surface area contributed by atoms with Gasteiger partial charge in [-0.05, 0) is 0 Å². The molecule has 0 aliphatic carbocycles. The number of halogens is 3. The summed E-state index contributed by atoms with van der Waals surface area (Å²) in [6, 6.07) is 0. The number of nitrogens with two attached hydrogens (primary N) is 1. The molecular formula is C3H4ClF2N3S. The average Bonchev–Trinajstić information content (AvgIpc) is 2.10. The van der Waals surface area contributed by atoms with E-state index >= 15 is 0 Å². The molecule has 1 rings (SSSR count). The van der Waals surface area contributed by atoms with Gasteiger partial charge in [-0.2, -0.15) is 0 Å². The van der Waals surface area contributed by atoms with Gasteiger partial charge < -0.3 is 0 Å². The molecule has 0 saturated heterocycles. The van der Waals surface area contributed by atoms with Gasteiger partial charge in [-0.15, -0.1) is 0 Å². The van der Waals surface area contributed by atoms with Crippen molar-refractivity contribution in [1.29, 1.82) is 0 Å². The molecule has 3 nitrogen and oxygen atoms in total. The Hall–Kier alpha value is -0.0400. The van der Waals surface area contributed by atoms with Crippen LogP contribution in [0.5, 0.6) is 0 Å². The van der Waals surface area contributed by atoms with Crippen molar-refractivity contribution in [2.75, 3.05) is 0 Å². The first-order valence-electron chi connectivity index (χ1n) is 2.28. The lowest BCUT2D eigenvalue weighted by Crippen LogP contribution is -2.34. The maximum atomic E-state index is 11.9. The Morgan fingerprint density at radius 2 is 2.30 bits per heavy atom. The molecule has 1 heterocycles. The van der Waals surface area contributed by atoms with Crippen LogP contribution in [0.25, 0.3) is 0 Å². The highest BCUT2D eigenvalue weighted by Gasteiger charge is 2.25. The first kappa shape index (κ1) is 8.06. The maximum Gasteiger partial charge on any atom is 0.281 e. The maximum absolute atomic E-state index is 11.9. The lowest BCUT2D eigenvalue weighted by molar-refractivity contribution is 0.168. The lowest BCUT2D eigenvalue weighted by Gasteiger charge is -2.07. The number of hydrogen-bond acceptors (Lipinski definition) is 4. The monoisotopic (exact) mass is 187 g/mol. The van der Waals surface area contributed by atoms with Gasteiger partial charge in [0.2, 0.25) is 0 Å². The van der Waals surface area contributed by atoms with Crippen molar-refractivity contribution in [2.24, 2.45) is 5.84 Å². The van der Waals surface area contributed by atoms with Gasteiger partial charge in [0.05, 0.1) is 0 Å². The van der Waals surface area contributed by atoms with Gasteiger partial charge in [0.15, 0.2) is 0 Å². The Balaban J connectivity index is 2.66. The molecule has 1 aliphatic heterocycles. The molecule has 0 aromatic heterocycles. The van der Waals surface area contributed by atoms with E-state index < -0.39 is 6.43 Å². The molecule has 10 heavy (non-hydrogen) atoms. The first-order valence-corrected chi connectivity index (χ1v) is 3.43. The molecule has 0 radical (unpaired) electrons. The Bertz CT molecular complexity index is 173. The van der Waals surface area contributed by atoms with Crippen molar-refractivity contribution >= 4 is 23.5 Å². The molecule has 0 fully saturated rings. The van der Waals surface area contributed by atoms with Gasteiger partial charge in [0.25, 0.3) is 6.43 Å². The summed E-state index contributed by atoms with van der Waals surface area (Å²) in [4.78, 5) is 0. The summed E-state index contributed by atoms with van der Waals surface area (Å²) in [5, 5.41) is 0. The van der Waals surface area contributed by atoms with Crippen LogP contribution in [0.3, 0.4) is 0 Å². The summed E-state index contributed by atoms with van der Waals surface area (Å²) in [5.74, 6) is 5.08. The molecular weight excluding hydrogens is 184 g/mol. The summed E-state index contributed by atoms with van der Waals surface area (Å²) in [7, 11) is 0. The largest absolute Gasteiger partial charge is 0.292 e. The Labute approximate surface area is 65.3 Å². The molecule has 3 N–H and O–H groups in total. The van der Waals surface area contributed by atoms with E-state index in [0.717, 1.165) is 16.5 Å². The quantitative estimate of drug-likeness (QED) is 0.475. The Kier molecular flexibility index (Phi) is 2.35. The summed E-state index contributed by atoms with van der Waals surface area (Å²) in [6.07, 6.45) is -2.60. The second-order valence-electron chi connectivity index (χ2n) is 1.52. The number of hydrogen-bond donors (Lipinski definition) is 2. The molecule has 0 aromatic rings. The third kappa shape index (κ3) is 1.51. The van der Waals surface area contributed by atoms with Crippen molar-refractivity contribution in [1.82, 2.24) is 9.95 Å². The highest BCUT2D eigenvalue weighted by molar-refractivity contribution is 8.02. The molecule has 7 heteroatoms. The van der Waals surface area contributed by atoms with Crippen LogP contribution in [-0.4, -0.2) is 10.9 Å². The summed E-state index contributed by atoms with van der Waals surface area (Å²) < 4.78 is 24.6. The van der Waals surface area contributed by atoms with Crippen LogP contribution >= 0.6 is 23.5 Å². The van der Waals surface area contributed by atoms with Crippen LogP contribution in [-0.2, 0) is 0 Å². The number of hydrazine groups is 2. The van der Waals surface area contributed by atoms with Gasteiger partial charge >= 0.3 is 0 Å². The second kappa shape index (κ2) is 2.91. The summed E-state index contributed by atoms with van der Waals surface area (Å²) in [6.45, 7) is 0. The fraction of sp³-hybridized carbons (Fsp3) is 0.333. The number of nitrogens with zero attached hydrogens (tertiary/aromatic N) is 1. The standard InChI is InChI=1S/C3H4ClF2N3S/c4-2-1(3(5)6)8-9(7)10-2/h3,8H,7H2. The van der Waals surface area contributed by atoms with Crippen LogP contribution in [0.2, 0.25) is 0 Å². The number of rotatable bonds is 1. The highest BCUT2D eigenvalue weighted by Crippen LogP contribution is 2.32. The first-order chi connectivity index (χ1) is 4.61. The minimum atomic E-state index is -2.60. The molecule has 0 aromatic carbocycles. The van der Waals surface area contributed by atoms with Crippen molar-refractivity contribution in [3.63, 3.8) is 0 Å². The average molecular weight is 188 g/mol. The third-order valence-corrected chi connectivity index (χ3v) is 1.92. The Morgan fingerprint density at radius 3 is 2.50 bits per heavy atom. The lowest BCUT2D eigenvalue weighted by atomic mass is 10.5. The van der Waals surface area contributed by atoms with Crippen molar-refractivity contribution in [3.8, 4) is 0 Å². The van der Waals surface area contributed by atoms with Crippen LogP contribution < -0.4 is 11.3 Å². The molecule has 0 atom stereocenters. The van der Waals surface area contributed by atoms with Crippen LogP contribution in [0.4, 0.5) is 8.78 Å². The molecule has 0 saturated carbocycles. The second-order valence-corrected chi connectivity index (χ2v) is 3.10. The van der Waals surface area contributed by atoms with Crippen molar-refractivity contribution in [3.05, 3.63) is 10.1 Å². The number of alkyl halides is 2. The fourth-order valence-corrected chi connectivity index (χ4v) is 1.35. The number of allylic oxidation sites excluding steroid dienone is 1. The van der Waals surface area contributed by atoms with Gasteiger partial charge in [-0.3, -0.25) is 5.43 Å². The molecule has 0 bridgehead atoms. The van der Waals surface area contributed by atoms with E-state index in [0.29, 0.717) is 0 Å². The van der Waals surface area contributed by atoms with E-state index in [1.54, 1.807) is 0 Å². The summed E-state index contributed by atoms with van der Waals surface area (Å²) in [5.41, 5.74) is 1.84. The smallest absolute Gasteiger partial charge is 0.281 e. The summed E-state index contributed by atoms with van der Waals surface area (Å²) >= 11 is 6.17. The van der Waals surface area contributed by atoms with E-state index in [-0.39, 0.29) is 10.1 Å². The molecule has 0 spiro atoms. The van der Waals surface area contributed by atoms with Gasteiger partial charge in [-0.1, -0.05) is 16.1 Å². The van der Waals surface area contributed by atoms with Crippen LogP contribution in [0, 0.1) is 0 Å². The van der Waals surface area contributed by atoms with E-state index in [2.05, 4.69) is 5.43 Å². The van der Waals surface area contributed by atoms with Crippen molar-refractivity contribution < 1.29 is 8.78 Å². The predicted molar refractivity (Wildman–Crippen MR) is 35.6 cm³/mol. The molecule has 0 amide bonds. The molecule has 1 aliphatic rings. The zero-order valence-corrected chi connectivity index (χ0v) is 6.22. The predicted octanol–water partition coefficient (Wildman–Crippen LogP) is 1.00. The minimum Gasteiger partial charge on any atom is -0.292 e.